The fourth-order valence-electron chi connectivity index (χ4n) is 3.04. The highest BCUT2D eigenvalue weighted by atomic mass is 32.2. The summed E-state index contributed by atoms with van der Waals surface area (Å²) in [5.74, 6) is -1.87. The topological polar surface area (TPSA) is 87.9 Å². The molecule has 0 bridgehead atoms. The van der Waals surface area contributed by atoms with Gasteiger partial charge in [0.15, 0.2) is 10.1 Å². The van der Waals surface area contributed by atoms with Crippen molar-refractivity contribution >= 4 is 22.2 Å². The summed E-state index contributed by atoms with van der Waals surface area (Å²) >= 11 is 0. The maximum atomic E-state index is 13.2. The molecular weight excluding hydrogens is 509 g/mol. The molecule has 0 aliphatic heterocycles. The molecule has 0 fully saturated rings. The van der Waals surface area contributed by atoms with Crippen LogP contribution in [0.3, 0.4) is 0 Å². The highest BCUT2D eigenvalue weighted by Gasteiger charge is 2.63. The number of alkyl halides is 5. The normalized spacial score (nSPS) is 13.1. The molecule has 0 spiro atoms. The van der Waals surface area contributed by atoms with E-state index in [9.17, 15) is 39.7 Å². The van der Waals surface area contributed by atoms with E-state index in [1.54, 1.807) is 0 Å². The van der Waals surface area contributed by atoms with E-state index in [-0.39, 0.29) is 0 Å². The van der Waals surface area contributed by atoms with Crippen molar-refractivity contribution in [1.29, 1.82) is 0 Å². The number of nitrogens with one attached hydrogen (secondary N) is 1. The Kier molecular flexibility index (Phi) is 15.0. The lowest BCUT2D eigenvalue weighted by molar-refractivity contribution is -0.900. The van der Waals surface area contributed by atoms with Crippen LogP contribution in [0.5, 0.6) is 0 Å². The van der Waals surface area contributed by atoms with Crippen LogP contribution in [-0.2, 0) is 14.9 Å². The summed E-state index contributed by atoms with van der Waals surface area (Å²) in [5, 5.41) is -5.87. The zero-order valence-corrected chi connectivity index (χ0v) is 21.7. The second-order valence-corrected chi connectivity index (χ2v) is 9.68. The molecule has 208 valence electrons. The summed E-state index contributed by atoms with van der Waals surface area (Å²) in [6.45, 7) is 14.4. The lowest BCUT2D eigenvalue weighted by Crippen LogP contribution is -3.12. The minimum atomic E-state index is -6.72. The summed E-state index contributed by atoms with van der Waals surface area (Å²) < 4.78 is 98.6. The molecule has 0 saturated carbocycles. The smallest absolute Gasteiger partial charge is 0.432 e. The Morgan fingerprint density at radius 1 is 0.972 bits per heavy atom. The largest absolute Gasteiger partial charge is 0.743 e. The summed E-state index contributed by atoms with van der Waals surface area (Å²) in [6.07, 6.45) is -0.799. The predicted molar refractivity (Wildman–Crippen MR) is 127 cm³/mol. The Bertz CT molecular complexity index is 870. The van der Waals surface area contributed by atoms with Crippen LogP contribution >= 0.6 is 0 Å². The summed E-state index contributed by atoms with van der Waals surface area (Å²) in [5.41, 5.74) is -0.0784. The van der Waals surface area contributed by atoms with Crippen LogP contribution in [0.15, 0.2) is 30.8 Å². The maximum Gasteiger partial charge on any atom is 0.432 e. The molecule has 0 amide bonds. The van der Waals surface area contributed by atoms with Gasteiger partial charge in [0.25, 0.3) is 6.10 Å². The fraction of sp³-hybridized carbons (Fsp3) is 0.625. The van der Waals surface area contributed by atoms with Crippen LogP contribution in [0.4, 0.5) is 22.0 Å². The summed E-state index contributed by atoms with van der Waals surface area (Å²) in [7, 11) is -6.72. The third-order valence-corrected chi connectivity index (χ3v) is 6.08. The first-order chi connectivity index (χ1) is 16.6. The standard InChI is InChI=1S/C12H9F5O5S.C12H27N/c1-2-7-3-5-8(6-4-7)9(18)22-10(11(13,14)15)12(16,17)23(19,20)21;1-4-7-10-13(11-8-5-2)12-9-6-3/h2-6,10H,1H2,(H,19,20,21);4-12H2,1-3H3. The number of hydrogen-bond donors (Lipinski definition) is 1. The van der Waals surface area contributed by atoms with E-state index in [1.807, 2.05) is 4.90 Å². The van der Waals surface area contributed by atoms with Gasteiger partial charge in [-0.25, -0.2) is 13.2 Å². The van der Waals surface area contributed by atoms with Gasteiger partial charge >= 0.3 is 17.4 Å². The van der Waals surface area contributed by atoms with E-state index in [1.165, 1.54) is 76.4 Å². The number of unbranched alkanes of at least 4 members (excludes halogenated alkanes) is 3. The van der Waals surface area contributed by atoms with Gasteiger partial charge in [0.2, 0.25) is 0 Å². The van der Waals surface area contributed by atoms with Gasteiger partial charge in [-0.15, -0.1) is 0 Å². The van der Waals surface area contributed by atoms with Gasteiger partial charge in [-0.05, 0) is 37.0 Å². The van der Waals surface area contributed by atoms with Crippen LogP contribution in [0.25, 0.3) is 6.08 Å². The van der Waals surface area contributed by atoms with Gasteiger partial charge in [-0.3, -0.25) is 0 Å². The van der Waals surface area contributed by atoms with Crippen molar-refractivity contribution in [1.82, 2.24) is 0 Å². The van der Waals surface area contributed by atoms with Gasteiger partial charge < -0.3 is 14.2 Å². The summed E-state index contributed by atoms with van der Waals surface area (Å²) in [4.78, 5) is 13.3. The van der Waals surface area contributed by atoms with E-state index < -0.39 is 39.2 Å². The number of hydrogen-bond acceptors (Lipinski definition) is 5. The molecule has 1 N–H and O–H groups in total. The van der Waals surface area contributed by atoms with Crippen LogP contribution in [-0.4, -0.2) is 56.1 Å². The first-order valence-electron chi connectivity index (χ1n) is 11.8. The fourth-order valence-corrected chi connectivity index (χ4v) is 3.49. The van der Waals surface area contributed by atoms with Gasteiger partial charge in [0.1, 0.15) is 0 Å². The minimum absolute atomic E-state index is 0.474. The third-order valence-electron chi connectivity index (χ3n) is 5.19. The van der Waals surface area contributed by atoms with E-state index in [2.05, 4.69) is 32.1 Å². The highest BCUT2D eigenvalue weighted by molar-refractivity contribution is 7.86. The Morgan fingerprint density at radius 3 is 1.69 bits per heavy atom. The Morgan fingerprint density at radius 2 is 1.39 bits per heavy atom. The van der Waals surface area contributed by atoms with Gasteiger partial charge in [0, 0.05) is 0 Å². The lowest BCUT2D eigenvalue weighted by atomic mass is 10.1. The molecule has 0 saturated heterocycles. The molecule has 1 aromatic carbocycles. The lowest BCUT2D eigenvalue weighted by Gasteiger charge is -2.29. The molecule has 1 aromatic rings. The highest BCUT2D eigenvalue weighted by Crippen LogP contribution is 2.38. The molecule has 0 aliphatic rings. The Hall–Kier alpha value is -2.05. The van der Waals surface area contributed by atoms with Gasteiger partial charge in [0.05, 0.1) is 25.2 Å². The van der Waals surface area contributed by atoms with Crippen LogP contribution < -0.4 is 4.90 Å². The molecule has 0 heterocycles. The van der Waals surface area contributed by atoms with E-state index in [0.717, 1.165) is 12.1 Å². The van der Waals surface area contributed by atoms with Crippen LogP contribution in [0.1, 0.15) is 75.2 Å². The van der Waals surface area contributed by atoms with Gasteiger partial charge in [-0.1, -0.05) is 64.8 Å². The molecule has 12 heteroatoms. The Balaban J connectivity index is 0.000000802. The third kappa shape index (κ3) is 11.8. The number of benzene rings is 1. The summed E-state index contributed by atoms with van der Waals surface area (Å²) in [6, 6.07) is 4.37. The molecule has 0 aromatic heterocycles. The average Bonchev–Trinajstić information content (AvgIpc) is 2.80. The SMILES string of the molecule is C=Cc1ccc(C(=O)OC(C(F)(F)F)C(F)(F)S(=O)(=O)[O-])cc1.CCCC[NH+](CCCC)CCCC. The molecule has 0 radical (unpaired) electrons. The van der Waals surface area contributed by atoms with E-state index >= 15 is 0 Å². The maximum absolute atomic E-state index is 13.2. The van der Waals surface area contributed by atoms with Crippen LogP contribution in [0.2, 0.25) is 0 Å². The number of ether oxygens (including phenoxy) is 1. The second kappa shape index (κ2) is 15.9. The van der Waals surface area contributed by atoms with Crippen molar-refractivity contribution in [3.63, 3.8) is 0 Å². The first kappa shape index (κ1) is 34.0. The molecule has 36 heavy (non-hydrogen) atoms. The number of carbonyl (C=O) groups is 1. The number of carbonyl (C=O) groups excluding carboxylic acids is 1. The number of halogens is 5. The number of quaternary nitrogens is 1. The number of rotatable bonds is 14. The zero-order chi connectivity index (χ0) is 28.0. The molecular formula is C24H36F5NO5S. The van der Waals surface area contributed by atoms with Crippen molar-refractivity contribution in [2.24, 2.45) is 0 Å². The Labute approximate surface area is 210 Å². The van der Waals surface area contributed by atoms with E-state index in [0.29, 0.717) is 5.56 Å². The number of esters is 1. The van der Waals surface area contributed by atoms with Crippen molar-refractivity contribution < 1.29 is 49.4 Å². The monoisotopic (exact) mass is 545 g/mol. The molecule has 1 atom stereocenters. The first-order valence-corrected chi connectivity index (χ1v) is 13.2. The van der Waals surface area contributed by atoms with Crippen molar-refractivity contribution in [3.05, 3.63) is 42.0 Å². The molecule has 1 rings (SSSR count). The quantitative estimate of drug-likeness (QED) is 0.206. The van der Waals surface area contributed by atoms with Crippen molar-refractivity contribution in [2.45, 2.75) is 76.8 Å². The van der Waals surface area contributed by atoms with E-state index in [4.69, 9.17) is 0 Å². The molecule has 1 unspecified atom stereocenters. The molecule has 0 aliphatic carbocycles. The second-order valence-electron chi connectivity index (χ2n) is 8.23. The molecule has 6 nitrogen and oxygen atoms in total. The average molecular weight is 546 g/mol. The van der Waals surface area contributed by atoms with Gasteiger partial charge in [-0.2, -0.15) is 22.0 Å². The predicted octanol–water partition coefficient (Wildman–Crippen LogP) is 4.83. The van der Waals surface area contributed by atoms with Crippen LogP contribution in [0, 0.1) is 0 Å². The van der Waals surface area contributed by atoms with Crippen molar-refractivity contribution in [3.8, 4) is 0 Å². The van der Waals surface area contributed by atoms with Crippen molar-refractivity contribution in [2.75, 3.05) is 19.6 Å². The zero-order valence-electron chi connectivity index (χ0n) is 20.9. The minimum Gasteiger partial charge on any atom is -0.743 e.